The molecule has 0 radical (unpaired) electrons. The van der Waals surface area contributed by atoms with Gasteiger partial charge in [0.15, 0.2) is 0 Å². The van der Waals surface area contributed by atoms with Crippen LogP contribution in [0.15, 0.2) is 42.5 Å². The molecule has 0 aliphatic carbocycles. The van der Waals surface area contributed by atoms with E-state index in [1.165, 1.54) is 0 Å². The Balaban J connectivity index is 2.11. The molecule has 0 aromatic heterocycles. The molecular formula is C16H17NO4. The van der Waals surface area contributed by atoms with Gasteiger partial charge in [-0.15, -0.1) is 0 Å². The van der Waals surface area contributed by atoms with Crippen LogP contribution in [0.3, 0.4) is 0 Å². The summed E-state index contributed by atoms with van der Waals surface area (Å²) in [4.78, 5) is 12.0. The first-order valence-electron chi connectivity index (χ1n) is 6.42. The van der Waals surface area contributed by atoms with Crippen LogP contribution in [-0.2, 0) is 11.2 Å². The van der Waals surface area contributed by atoms with Gasteiger partial charge in [0.05, 0.1) is 20.6 Å². The standard InChI is InChI=1S/C16H17NO4/c1-20-13-8-12(9-14(10-13)21-2)17-16(19)7-11-5-3-4-6-15(11)18/h3-6,8-10,18H,7H2,1-2H3,(H,17,19). The predicted molar refractivity (Wildman–Crippen MR) is 80.0 cm³/mol. The lowest BCUT2D eigenvalue weighted by atomic mass is 10.1. The Morgan fingerprint density at radius 2 is 1.71 bits per heavy atom. The summed E-state index contributed by atoms with van der Waals surface area (Å²) >= 11 is 0. The van der Waals surface area contributed by atoms with Gasteiger partial charge >= 0.3 is 0 Å². The third kappa shape index (κ3) is 3.89. The number of rotatable bonds is 5. The minimum atomic E-state index is -0.230. The van der Waals surface area contributed by atoms with Crippen molar-refractivity contribution in [2.45, 2.75) is 6.42 Å². The van der Waals surface area contributed by atoms with Gasteiger partial charge in [-0.2, -0.15) is 0 Å². The number of phenols is 1. The van der Waals surface area contributed by atoms with Crippen LogP contribution in [0.25, 0.3) is 0 Å². The average Bonchev–Trinajstić information content (AvgIpc) is 2.49. The number of ether oxygens (including phenoxy) is 2. The van der Waals surface area contributed by atoms with Crippen LogP contribution in [0.5, 0.6) is 17.2 Å². The summed E-state index contributed by atoms with van der Waals surface area (Å²) in [5.41, 5.74) is 1.15. The minimum Gasteiger partial charge on any atom is -0.508 e. The van der Waals surface area contributed by atoms with Crippen LogP contribution in [-0.4, -0.2) is 25.2 Å². The third-order valence-corrected chi connectivity index (χ3v) is 2.98. The molecule has 2 aromatic rings. The first-order valence-corrected chi connectivity index (χ1v) is 6.42. The molecular weight excluding hydrogens is 270 g/mol. The van der Waals surface area contributed by atoms with E-state index in [4.69, 9.17) is 9.47 Å². The normalized spacial score (nSPS) is 10.0. The molecule has 0 saturated heterocycles. The molecule has 0 saturated carbocycles. The van der Waals surface area contributed by atoms with Gasteiger partial charge < -0.3 is 19.9 Å². The summed E-state index contributed by atoms with van der Waals surface area (Å²) in [6.07, 6.45) is 0.0895. The SMILES string of the molecule is COc1cc(NC(=O)Cc2ccccc2O)cc(OC)c1. The van der Waals surface area contributed by atoms with Gasteiger partial charge in [0.2, 0.25) is 5.91 Å². The summed E-state index contributed by atoms with van der Waals surface area (Å²) in [6, 6.07) is 11.9. The van der Waals surface area contributed by atoms with Gasteiger partial charge in [0.25, 0.3) is 0 Å². The second kappa shape index (κ2) is 6.65. The number of carbonyl (C=O) groups is 1. The van der Waals surface area contributed by atoms with Crippen molar-refractivity contribution >= 4 is 11.6 Å². The van der Waals surface area contributed by atoms with Crippen molar-refractivity contribution in [1.29, 1.82) is 0 Å². The molecule has 0 aliphatic heterocycles. The van der Waals surface area contributed by atoms with Crippen LogP contribution < -0.4 is 14.8 Å². The lowest BCUT2D eigenvalue weighted by molar-refractivity contribution is -0.115. The molecule has 0 heterocycles. The number of phenolic OH excluding ortho intramolecular Hbond substituents is 1. The molecule has 5 nitrogen and oxygen atoms in total. The number of benzene rings is 2. The Hall–Kier alpha value is -2.69. The zero-order chi connectivity index (χ0) is 15.2. The zero-order valence-electron chi connectivity index (χ0n) is 11.9. The van der Waals surface area contributed by atoms with Gasteiger partial charge in [-0.1, -0.05) is 18.2 Å². The number of nitrogens with one attached hydrogen (secondary N) is 1. The molecule has 0 spiro atoms. The quantitative estimate of drug-likeness (QED) is 0.887. The zero-order valence-corrected chi connectivity index (χ0v) is 11.9. The van der Waals surface area contributed by atoms with E-state index in [-0.39, 0.29) is 18.1 Å². The lowest BCUT2D eigenvalue weighted by Gasteiger charge is -2.10. The van der Waals surface area contributed by atoms with Crippen molar-refractivity contribution in [3.63, 3.8) is 0 Å². The predicted octanol–water partition coefficient (Wildman–Crippen LogP) is 2.59. The number of hydrogen-bond donors (Lipinski definition) is 2. The number of anilines is 1. The summed E-state index contributed by atoms with van der Waals surface area (Å²) in [6.45, 7) is 0. The van der Waals surface area contributed by atoms with E-state index in [9.17, 15) is 9.90 Å². The van der Waals surface area contributed by atoms with E-state index < -0.39 is 0 Å². The Morgan fingerprint density at radius 3 is 2.29 bits per heavy atom. The molecule has 0 fully saturated rings. The van der Waals surface area contributed by atoms with Crippen molar-refractivity contribution in [1.82, 2.24) is 0 Å². The molecule has 1 amide bonds. The fraction of sp³-hybridized carbons (Fsp3) is 0.188. The number of hydrogen-bond acceptors (Lipinski definition) is 4. The number of aromatic hydroxyl groups is 1. The Labute approximate surface area is 123 Å². The maximum absolute atomic E-state index is 12.0. The topological polar surface area (TPSA) is 67.8 Å². The summed E-state index contributed by atoms with van der Waals surface area (Å²) in [5, 5.41) is 12.4. The smallest absolute Gasteiger partial charge is 0.228 e. The van der Waals surface area contributed by atoms with E-state index >= 15 is 0 Å². The summed E-state index contributed by atoms with van der Waals surface area (Å²) in [7, 11) is 3.09. The van der Waals surface area contributed by atoms with Crippen LogP contribution in [0.1, 0.15) is 5.56 Å². The van der Waals surface area contributed by atoms with Gasteiger partial charge in [0.1, 0.15) is 17.2 Å². The highest BCUT2D eigenvalue weighted by atomic mass is 16.5. The maximum Gasteiger partial charge on any atom is 0.228 e. The first-order chi connectivity index (χ1) is 10.1. The van der Waals surface area contributed by atoms with Gasteiger partial charge in [-0.05, 0) is 6.07 Å². The second-order valence-electron chi connectivity index (χ2n) is 4.46. The highest BCUT2D eigenvalue weighted by molar-refractivity contribution is 5.93. The van der Waals surface area contributed by atoms with E-state index in [2.05, 4.69) is 5.32 Å². The van der Waals surface area contributed by atoms with Crippen molar-refractivity contribution in [2.24, 2.45) is 0 Å². The van der Waals surface area contributed by atoms with Gasteiger partial charge in [-0.3, -0.25) is 4.79 Å². The number of carbonyl (C=O) groups excluding carboxylic acids is 1. The highest BCUT2D eigenvalue weighted by Crippen LogP contribution is 2.26. The largest absolute Gasteiger partial charge is 0.508 e. The fourth-order valence-corrected chi connectivity index (χ4v) is 1.92. The number of methoxy groups -OCH3 is 2. The van der Waals surface area contributed by atoms with E-state index in [1.54, 1.807) is 56.7 Å². The Kier molecular flexibility index (Phi) is 4.66. The molecule has 2 aromatic carbocycles. The number of amides is 1. The van der Waals surface area contributed by atoms with E-state index in [0.717, 1.165) is 0 Å². The van der Waals surface area contributed by atoms with Gasteiger partial charge in [-0.25, -0.2) is 0 Å². The van der Waals surface area contributed by atoms with Crippen LogP contribution in [0.4, 0.5) is 5.69 Å². The third-order valence-electron chi connectivity index (χ3n) is 2.98. The second-order valence-corrected chi connectivity index (χ2v) is 4.46. The summed E-state index contributed by atoms with van der Waals surface area (Å²) < 4.78 is 10.3. The molecule has 2 N–H and O–H groups in total. The van der Waals surface area contributed by atoms with E-state index in [1.807, 2.05) is 0 Å². The van der Waals surface area contributed by atoms with Crippen molar-refractivity contribution in [2.75, 3.05) is 19.5 Å². The summed E-state index contributed by atoms with van der Waals surface area (Å²) in [5.74, 6) is 1.06. The molecule has 21 heavy (non-hydrogen) atoms. The fourth-order valence-electron chi connectivity index (χ4n) is 1.92. The van der Waals surface area contributed by atoms with Crippen molar-refractivity contribution in [3.05, 3.63) is 48.0 Å². The first kappa shape index (κ1) is 14.7. The molecule has 0 unspecified atom stereocenters. The lowest BCUT2D eigenvalue weighted by Crippen LogP contribution is -2.14. The van der Waals surface area contributed by atoms with Crippen molar-refractivity contribution < 1.29 is 19.4 Å². The van der Waals surface area contributed by atoms with E-state index in [0.29, 0.717) is 22.7 Å². The molecule has 0 aliphatic rings. The molecule has 5 heteroatoms. The van der Waals surface area contributed by atoms with Crippen molar-refractivity contribution in [3.8, 4) is 17.2 Å². The van der Waals surface area contributed by atoms with Crippen LogP contribution in [0, 0.1) is 0 Å². The highest BCUT2D eigenvalue weighted by Gasteiger charge is 2.09. The minimum absolute atomic E-state index is 0.0895. The molecule has 2 rings (SSSR count). The Bertz CT molecular complexity index is 618. The monoisotopic (exact) mass is 287 g/mol. The Morgan fingerprint density at radius 1 is 1.10 bits per heavy atom. The molecule has 0 atom stereocenters. The van der Waals surface area contributed by atoms with Gasteiger partial charge in [0, 0.05) is 29.4 Å². The van der Waals surface area contributed by atoms with Crippen LogP contribution in [0.2, 0.25) is 0 Å². The number of para-hydroxylation sites is 1. The van der Waals surface area contributed by atoms with Crippen LogP contribution >= 0.6 is 0 Å². The average molecular weight is 287 g/mol. The maximum atomic E-state index is 12.0. The molecule has 0 bridgehead atoms. The molecule has 110 valence electrons.